The first-order valence-electron chi connectivity index (χ1n) is 5.59. The molecule has 2 N–H and O–H groups in total. The predicted molar refractivity (Wildman–Crippen MR) is 71.8 cm³/mol. The van der Waals surface area contributed by atoms with E-state index in [0.29, 0.717) is 5.76 Å². The Morgan fingerprint density at radius 2 is 2.11 bits per heavy atom. The van der Waals surface area contributed by atoms with Crippen molar-refractivity contribution in [3.63, 3.8) is 0 Å². The SMILES string of the molecule is O=C(NN=CC=Cc1ccco1)c1ccccc1O. The molecule has 0 atom stereocenters. The minimum absolute atomic E-state index is 0.0821. The Labute approximate surface area is 109 Å². The van der Waals surface area contributed by atoms with Crippen molar-refractivity contribution < 1.29 is 14.3 Å². The van der Waals surface area contributed by atoms with Gasteiger partial charge in [0.05, 0.1) is 11.8 Å². The number of hydrogen-bond acceptors (Lipinski definition) is 4. The van der Waals surface area contributed by atoms with Crippen LogP contribution in [0.1, 0.15) is 16.1 Å². The Hall–Kier alpha value is -2.82. The molecule has 0 saturated heterocycles. The molecule has 19 heavy (non-hydrogen) atoms. The van der Waals surface area contributed by atoms with E-state index in [0.717, 1.165) is 0 Å². The van der Waals surface area contributed by atoms with Crippen molar-refractivity contribution in [2.45, 2.75) is 0 Å². The topological polar surface area (TPSA) is 74.8 Å². The van der Waals surface area contributed by atoms with Crippen LogP contribution < -0.4 is 5.43 Å². The molecule has 5 nitrogen and oxygen atoms in total. The summed E-state index contributed by atoms with van der Waals surface area (Å²) in [6.45, 7) is 0. The van der Waals surface area contributed by atoms with Crippen molar-refractivity contribution >= 4 is 18.2 Å². The van der Waals surface area contributed by atoms with Crippen molar-refractivity contribution in [2.24, 2.45) is 5.10 Å². The van der Waals surface area contributed by atoms with Gasteiger partial charge < -0.3 is 9.52 Å². The molecular formula is C14H12N2O3. The zero-order valence-electron chi connectivity index (χ0n) is 9.98. The summed E-state index contributed by atoms with van der Waals surface area (Å²) in [5, 5.41) is 13.2. The second kappa shape index (κ2) is 6.20. The van der Waals surface area contributed by atoms with Crippen LogP contribution in [0.15, 0.2) is 58.3 Å². The summed E-state index contributed by atoms with van der Waals surface area (Å²) in [5.74, 6) is 0.139. The molecule has 1 amide bonds. The highest BCUT2D eigenvalue weighted by atomic mass is 16.3. The predicted octanol–water partition coefficient (Wildman–Crippen LogP) is 2.41. The number of hydrazone groups is 1. The van der Waals surface area contributed by atoms with Gasteiger partial charge in [0, 0.05) is 6.21 Å². The van der Waals surface area contributed by atoms with Crippen LogP contribution >= 0.6 is 0 Å². The lowest BCUT2D eigenvalue weighted by Crippen LogP contribution is -2.17. The van der Waals surface area contributed by atoms with Crippen molar-refractivity contribution in [1.82, 2.24) is 5.43 Å². The monoisotopic (exact) mass is 256 g/mol. The van der Waals surface area contributed by atoms with Crippen molar-refractivity contribution in [2.75, 3.05) is 0 Å². The zero-order valence-corrected chi connectivity index (χ0v) is 9.98. The van der Waals surface area contributed by atoms with E-state index in [4.69, 9.17) is 4.42 Å². The van der Waals surface area contributed by atoms with E-state index in [-0.39, 0.29) is 11.3 Å². The zero-order chi connectivity index (χ0) is 13.5. The number of aromatic hydroxyl groups is 1. The first kappa shape index (κ1) is 12.6. The largest absolute Gasteiger partial charge is 0.507 e. The van der Waals surface area contributed by atoms with E-state index in [9.17, 15) is 9.90 Å². The van der Waals surface area contributed by atoms with Crippen molar-refractivity contribution in [3.05, 3.63) is 60.1 Å². The maximum Gasteiger partial charge on any atom is 0.275 e. The molecule has 0 bridgehead atoms. The number of nitrogens with zero attached hydrogens (tertiary/aromatic N) is 1. The molecule has 2 aromatic rings. The quantitative estimate of drug-likeness (QED) is 0.651. The van der Waals surface area contributed by atoms with Crippen LogP contribution in [0.25, 0.3) is 6.08 Å². The second-order valence-electron chi connectivity index (χ2n) is 3.61. The van der Waals surface area contributed by atoms with Crippen LogP contribution in [-0.2, 0) is 0 Å². The summed E-state index contributed by atoms with van der Waals surface area (Å²) in [4.78, 5) is 11.6. The van der Waals surface area contributed by atoms with Gasteiger partial charge in [-0.3, -0.25) is 4.79 Å². The summed E-state index contributed by atoms with van der Waals surface area (Å²) in [6, 6.07) is 9.83. The van der Waals surface area contributed by atoms with Crippen LogP contribution in [0.2, 0.25) is 0 Å². The standard InChI is InChI=1S/C14H12N2O3/c17-13-8-2-1-7-12(13)14(18)16-15-9-3-5-11-6-4-10-19-11/h1-10,17H,(H,16,18). The fourth-order valence-corrected chi connectivity index (χ4v) is 1.39. The van der Waals surface area contributed by atoms with E-state index in [1.165, 1.54) is 18.3 Å². The number of amides is 1. The highest BCUT2D eigenvalue weighted by molar-refractivity contribution is 5.97. The maximum absolute atomic E-state index is 11.6. The Kier molecular flexibility index (Phi) is 4.12. The third-order valence-electron chi connectivity index (χ3n) is 2.28. The molecule has 0 fully saturated rings. The Bertz CT molecular complexity index is 601. The lowest BCUT2D eigenvalue weighted by molar-refractivity contribution is 0.0952. The fourth-order valence-electron chi connectivity index (χ4n) is 1.39. The number of para-hydroxylation sites is 1. The number of furan rings is 1. The normalized spacial score (nSPS) is 11.2. The minimum Gasteiger partial charge on any atom is -0.507 e. The number of nitrogens with one attached hydrogen (secondary N) is 1. The molecule has 0 radical (unpaired) electrons. The number of rotatable bonds is 4. The van der Waals surface area contributed by atoms with Gasteiger partial charge in [-0.05, 0) is 36.4 Å². The first-order valence-corrected chi connectivity index (χ1v) is 5.59. The van der Waals surface area contributed by atoms with Crippen LogP contribution in [0.5, 0.6) is 5.75 Å². The maximum atomic E-state index is 11.6. The lowest BCUT2D eigenvalue weighted by atomic mass is 10.2. The Balaban J connectivity index is 1.89. The van der Waals surface area contributed by atoms with Gasteiger partial charge in [-0.25, -0.2) is 5.43 Å². The van der Waals surface area contributed by atoms with Gasteiger partial charge in [0.25, 0.3) is 5.91 Å². The van der Waals surface area contributed by atoms with E-state index < -0.39 is 5.91 Å². The minimum atomic E-state index is -0.472. The van der Waals surface area contributed by atoms with Gasteiger partial charge >= 0.3 is 0 Å². The molecule has 1 aromatic heterocycles. The molecule has 1 aromatic carbocycles. The number of phenols is 1. The van der Waals surface area contributed by atoms with Gasteiger partial charge in [-0.15, -0.1) is 0 Å². The molecule has 0 aliphatic heterocycles. The molecule has 96 valence electrons. The van der Waals surface area contributed by atoms with Gasteiger partial charge in [0.2, 0.25) is 0 Å². The summed E-state index contributed by atoms with van der Waals surface area (Å²) < 4.78 is 5.08. The highest BCUT2D eigenvalue weighted by Crippen LogP contribution is 2.14. The molecular weight excluding hydrogens is 244 g/mol. The number of carbonyl (C=O) groups is 1. The van der Waals surface area contributed by atoms with Gasteiger partial charge in [-0.1, -0.05) is 12.1 Å². The Morgan fingerprint density at radius 3 is 2.84 bits per heavy atom. The van der Waals surface area contributed by atoms with E-state index in [2.05, 4.69) is 10.5 Å². The van der Waals surface area contributed by atoms with Gasteiger partial charge in [0.15, 0.2) is 0 Å². The average Bonchev–Trinajstić information content (AvgIpc) is 2.92. The number of phenolic OH excluding ortho intramolecular Hbond substituents is 1. The van der Waals surface area contributed by atoms with E-state index in [1.807, 2.05) is 0 Å². The van der Waals surface area contributed by atoms with Crippen molar-refractivity contribution in [1.29, 1.82) is 0 Å². The summed E-state index contributed by atoms with van der Waals surface area (Å²) in [7, 11) is 0. The molecule has 0 aliphatic carbocycles. The molecule has 0 saturated carbocycles. The third-order valence-corrected chi connectivity index (χ3v) is 2.28. The molecule has 0 spiro atoms. The molecule has 0 unspecified atom stereocenters. The highest BCUT2D eigenvalue weighted by Gasteiger charge is 2.07. The Morgan fingerprint density at radius 1 is 1.26 bits per heavy atom. The van der Waals surface area contributed by atoms with Crippen LogP contribution in [0, 0.1) is 0 Å². The second-order valence-corrected chi connectivity index (χ2v) is 3.61. The lowest BCUT2D eigenvalue weighted by Gasteiger charge is -2.01. The van der Waals surface area contributed by atoms with Crippen molar-refractivity contribution in [3.8, 4) is 5.75 Å². The summed E-state index contributed by atoms with van der Waals surface area (Å²) in [5.41, 5.74) is 2.48. The molecule has 0 aliphatic rings. The molecule has 2 rings (SSSR count). The van der Waals surface area contributed by atoms with Crippen LogP contribution in [0.4, 0.5) is 0 Å². The fraction of sp³-hybridized carbons (Fsp3) is 0. The number of hydrogen-bond donors (Lipinski definition) is 2. The third kappa shape index (κ3) is 3.57. The summed E-state index contributed by atoms with van der Waals surface area (Å²) >= 11 is 0. The smallest absolute Gasteiger partial charge is 0.275 e. The van der Waals surface area contributed by atoms with E-state index in [1.54, 1.807) is 42.7 Å². The van der Waals surface area contributed by atoms with E-state index >= 15 is 0 Å². The average molecular weight is 256 g/mol. The number of allylic oxidation sites excluding steroid dienone is 1. The summed E-state index contributed by atoms with van der Waals surface area (Å²) in [6.07, 6.45) is 6.32. The van der Waals surface area contributed by atoms with Crippen LogP contribution in [0.3, 0.4) is 0 Å². The molecule has 5 heteroatoms. The van der Waals surface area contributed by atoms with Gasteiger partial charge in [-0.2, -0.15) is 5.10 Å². The number of carbonyl (C=O) groups excluding carboxylic acids is 1. The molecule has 1 heterocycles. The van der Waals surface area contributed by atoms with Gasteiger partial charge in [0.1, 0.15) is 11.5 Å². The number of benzene rings is 1. The van der Waals surface area contributed by atoms with Crippen LogP contribution in [-0.4, -0.2) is 17.2 Å². The first-order chi connectivity index (χ1) is 9.27.